The van der Waals surface area contributed by atoms with Crippen LogP contribution in [0.1, 0.15) is 16.9 Å². The van der Waals surface area contributed by atoms with Gasteiger partial charge in [0.25, 0.3) is 5.91 Å². The van der Waals surface area contributed by atoms with Crippen LogP contribution in [0.15, 0.2) is 30.7 Å². The van der Waals surface area contributed by atoms with Crippen molar-refractivity contribution in [3.8, 4) is 0 Å². The molecule has 1 aliphatic heterocycles. The van der Waals surface area contributed by atoms with E-state index in [4.69, 9.17) is 0 Å². The minimum Gasteiger partial charge on any atom is -0.346 e. The Morgan fingerprint density at radius 1 is 1.35 bits per heavy atom. The predicted octanol–water partition coefficient (Wildman–Crippen LogP) is 1.23. The predicted molar refractivity (Wildman–Crippen MR) is 77.8 cm³/mol. The number of para-hydroxylation sites is 1. The van der Waals surface area contributed by atoms with E-state index in [-0.39, 0.29) is 24.3 Å². The van der Waals surface area contributed by atoms with Crippen LogP contribution < -0.4 is 10.2 Å². The fourth-order valence-electron chi connectivity index (χ4n) is 2.56. The van der Waals surface area contributed by atoms with Crippen LogP contribution in [0.2, 0.25) is 0 Å². The van der Waals surface area contributed by atoms with Crippen molar-refractivity contribution in [3.05, 3.63) is 48.1 Å². The second kappa shape index (κ2) is 5.79. The summed E-state index contributed by atoms with van der Waals surface area (Å²) in [6.07, 6.45) is 3.00. The number of hydrogen-bond acceptors (Lipinski definition) is 3. The Balaban J connectivity index is 1.74. The Morgan fingerprint density at radius 2 is 2.04 bits per heavy atom. The van der Waals surface area contributed by atoms with E-state index in [0.717, 1.165) is 17.0 Å². The van der Waals surface area contributed by atoms with Crippen LogP contribution >= 0.6 is 0 Å². The van der Waals surface area contributed by atoms with Crippen molar-refractivity contribution in [2.75, 3.05) is 11.4 Å². The van der Waals surface area contributed by atoms with Gasteiger partial charge in [-0.2, -0.15) is 0 Å². The minimum absolute atomic E-state index is 0.00919. The van der Waals surface area contributed by atoms with Gasteiger partial charge in [0.1, 0.15) is 23.0 Å². The van der Waals surface area contributed by atoms with Crippen LogP contribution in [-0.4, -0.2) is 34.0 Å². The largest absolute Gasteiger partial charge is 0.346 e. The Bertz CT molecular complexity index is 754. The molecule has 2 amide bonds. The maximum atomic E-state index is 13.8. The van der Waals surface area contributed by atoms with Gasteiger partial charge >= 0.3 is 0 Å². The molecule has 0 unspecified atom stereocenters. The van der Waals surface area contributed by atoms with Crippen LogP contribution in [0.5, 0.6) is 0 Å². The van der Waals surface area contributed by atoms with Gasteiger partial charge in [-0.05, 0) is 12.1 Å². The number of aromatic nitrogens is 2. The second-order valence-corrected chi connectivity index (χ2v) is 5.37. The van der Waals surface area contributed by atoms with Crippen LogP contribution in [0.4, 0.5) is 14.5 Å². The molecule has 0 aliphatic carbocycles. The van der Waals surface area contributed by atoms with Gasteiger partial charge in [0, 0.05) is 26.2 Å². The lowest BCUT2D eigenvalue weighted by molar-refractivity contribution is -0.117. The summed E-state index contributed by atoms with van der Waals surface area (Å²) in [7, 11) is 1.73. The van der Waals surface area contributed by atoms with Gasteiger partial charge < -0.3 is 14.8 Å². The molecule has 1 aromatic carbocycles. The highest BCUT2D eigenvalue weighted by Crippen LogP contribution is 2.27. The highest BCUT2D eigenvalue weighted by molar-refractivity contribution is 5.98. The Labute approximate surface area is 130 Å². The fraction of sp³-hybridized carbons (Fsp3) is 0.267. The molecule has 1 fully saturated rings. The molecule has 120 valence electrons. The number of anilines is 1. The maximum absolute atomic E-state index is 13.8. The van der Waals surface area contributed by atoms with Gasteiger partial charge in [-0.25, -0.2) is 13.8 Å². The number of halogens is 2. The normalized spacial score (nSPS) is 17.6. The summed E-state index contributed by atoms with van der Waals surface area (Å²) in [5, 5.41) is 2.66. The third kappa shape index (κ3) is 2.92. The topological polar surface area (TPSA) is 67.2 Å². The Kier molecular flexibility index (Phi) is 3.81. The van der Waals surface area contributed by atoms with Crippen molar-refractivity contribution >= 4 is 17.5 Å². The van der Waals surface area contributed by atoms with Crippen LogP contribution in [0.3, 0.4) is 0 Å². The van der Waals surface area contributed by atoms with E-state index in [9.17, 15) is 18.4 Å². The number of aryl methyl sites for hydroxylation is 1. The van der Waals surface area contributed by atoms with E-state index in [1.165, 1.54) is 12.4 Å². The van der Waals surface area contributed by atoms with Crippen molar-refractivity contribution in [2.24, 2.45) is 7.05 Å². The van der Waals surface area contributed by atoms with E-state index in [2.05, 4.69) is 10.3 Å². The third-order valence-corrected chi connectivity index (χ3v) is 3.61. The molecular weight excluding hydrogens is 306 g/mol. The van der Waals surface area contributed by atoms with Crippen molar-refractivity contribution in [1.29, 1.82) is 0 Å². The summed E-state index contributed by atoms with van der Waals surface area (Å²) in [4.78, 5) is 29.0. The van der Waals surface area contributed by atoms with Crippen LogP contribution in [-0.2, 0) is 11.8 Å². The Morgan fingerprint density at radius 3 is 2.65 bits per heavy atom. The lowest BCUT2D eigenvalue weighted by Crippen LogP contribution is -2.37. The molecule has 1 N–H and O–H groups in total. The summed E-state index contributed by atoms with van der Waals surface area (Å²) in [6, 6.07) is 2.88. The zero-order valence-electron chi connectivity index (χ0n) is 12.3. The molecule has 1 aromatic heterocycles. The molecule has 1 aliphatic rings. The van der Waals surface area contributed by atoms with Crippen molar-refractivity contribution in [3.63, 3.8) is 0 Å². The van der Waals surface area contributed by atoms with Crippen LogP contribution in [0.25, 0.3) is 0 Å². The first-order valence-corrected chi connectivity index (χ1v) is 6.99. The molecule has 2 aromatic rings. The second-order valence-electron chi connectivity index (χ2n) is 5.37. The summed E-state index contributed by atoms with van der Waals surface area (Å²) < 4.78 is 29.2. The Hall–Kier alpha value is -2.77. The summed E-state index contributed by atoms with van der Waals surface area (Å²) in [5.41, 5.74) is -0.164. The average Bonchev–Trinajstić information content (AvgIpc) is 3.06. The zero-order chi connectivity index (χ0) is 16.6. The fourth-order valence-corrected chi connectivity index (χ4v) is 2.56. The van der Waals surface area contributed by atoms with Gasteiger partial charge in [0.2, 0.25) is 5.91 Å². The smallest absolute Gasteiger partial charge is 0.271 e. The number of benzene rings is 1. The molecule has 0 saturated carbocycles. The minimum atomic E-state index is -0.810. The molecule has 1 atom stereocenters. The van der Waals surface area contributed by atoms with Crippen molar-refractivity contribution < 1.29 is 18.4 Å². The highest BCUT2D eigenvalue weighted by atomic mass is 19.1. The maximum Gasteiger partial charge on any atom is 0.271 e. The first kappa shape index (κ1) is 15.1. The lowest BCUT2D eigenvalue weighted by atomic mass is 10.2. The molecule has 3 rings (SSSR count). The zero-order valence-corrected chi connectivity index (χ0v) is 12.3. The van der Waals surface area contributed by atoms with Crippen LogP contribution in [0, 0.1) is 11.6 Å². The molecule has 1 saturated heterocycles. The van der Waals surface area contributed by atoms with Gasteiger partial charge in [0.05, 0.1) is 12.4 Å². The van der Waals surface area contributed by atoms with E-state index < -0.39 is 29.5 Å². The summed E-state index contributed by atoms with van der Waals surface area (Å²) >= 11 is 0. The molecule has 8 heteroatoms. The monoisotopic (exact) mass is 320 g/mol. The highest BCUT2D eigenvalue weighted by Gasteiger charge is 2.34. The standard InChI is InChI=1S/C15H14F2N4O2/c1-20-7-12(18-8-20)15(23)19-9-5-13(22)21(6-9)14-10(16)3-2-4-11(14)17/h2-4,7-9H,5-6H2,1H3,(H,19,23)/t9-/m0/s1. The number of nitrogens with one attached hydrogen (secondary N) is 1. The lowest BCUT2D eigenvalue weighted by Gasteiger charge is -2.18. The molecule has 2 heterocycles. The van der Waals surface area contributed by atoms with E-state index in [1.54, 1.807) is 17.8 Å². The van der Waals surface area contributed by atoms with Gasteiger partial charge in [-0.15, -0.1) is 0 Å². The number of nitrogens with zero attached hydrogens (tertiary/aromatic N) is 3. The first-order chi connectivity index (χ1) is 11.0. The third-order valence-electron chi connectivity index (χ3n) is 3.61. The molecule has 6 nitrogen and oxygen atoms in total. The number of amides is 2. The summed E-state index contributed by atoms with van der Waals surface area (Å²) in [5.74, 6) is -2.50. The average molecular weight is 320 g/mol. The quantitative estimate of drug-likeness (QED) is 0.925. The van der Waals surface area contributed by atoms with Gasteiger partial charge in [-0.1, -0.05) is 6.07 Å². The number of imidazole rings is 1. The number of carbonyl (C=O) groups is 2. The molecule has 0 bridgehead atoms. The number of rotatable bonds is 3. The molecular formula is C15H14F2N4O2. The SMILES string of the molecule is Cn1cnc(C(=O)N[C@H]2CC(=O)N(c3c(F)cccc3F)C2)c1. The van der Waals surface area contributed by atoms with Gasteiger partial charge in [-0.3, -0.25) is 9.59 Å². The van der Waals surface area contributed by atoms with Crippen molar-refractivity contribution in [2.45, 2.75) is 12.5 Å². The number of carbonyl (C=O) groups excluding carboxylic acids is 2. The van der Waals surface area contributed by atoms with Gasteiger partial charge in [0.15, 0.2) is 0 Å². The first-order valence-electron chi connectivity index (χ1n) is 6.99. The van der Waals surface area contributed by atoms with E-state index in [1.807, 2.05) is 0 Å². The molecule has 0 radical (unpaired) electrons. The number of hydrogen-bond donors (Lipinski definition) is 1. The van der Waals surface area contributed by atoms with Crippen molar-refractivity contribution in [1.82, 2.24) is 14.9 Å². The van der Waals surface area contributed by atoms with E-state index >= 15 is 0 Å². The molecule has 0 spiro atoms. The van der Waals surface area contributed by atoms with E-state index in [0.29, 0.717) is 0 Å². The summed E-state index contributed by atoms with van der Waals surface area (Å²) in [6.45, 7) is 0.00919. The molecule has 23 heavy (non-hydrogen) atoms.